The van der Waals surface area contributed by atoms with Crippen molar-refractivity contribution in [2.45, 2.75) is 46.0 Å². The lowest BCUT2D eigenvalue weighted by atomic mass is 9.83. The summed E-state index contributed by atoms with van der Waals surface area (Å²) in [5.41, 5.74) is 7.84. The van der Waals surface area contributed by atoms with Gasteiger partial charge >= 0.3 is 0 Å². The van der Waals surface area contributed by atoms with Gasteiger partial charge < -0.3 is 11.1 Å². The second kappa shape index (κ2) is 5.59. The van der Waals surface area contributed by atoms with E-state index in [-0.39, 0.29) is 5.91 Å². The molecule has 0 saturated heterocycles. The molecule has 0 aromatic carbocycles. The summed E-state index contributed by atoms with van der Waals surface area (Å²) in [6.07, 6.45) is 7.71. The summed E-state index contributed by atoms with van der Waals surface area (Å²) in [5, 5.41) is 3.07. The summed E-state index contributed by atoms with van der Waals surface area (Å²) >= 11 is 0. The van der Waals surface area contributed by atoms with Gasteiger partial charge in [0.05, 0.1) is 23.1 Å². The Morgan fingerprint density at radius 2 is 2.16 bits per heavy atom. The van der Waals surface area contributed by atoms with E-state index in [1.54, 1.807) is 12.3 Å². The number of rotatable bonds is 4. The van der Waals surface area contributed by atoms with Gasteiger partial charge in [-0.25, -0.2) is 0 Å². The summed E-state index contributed by atoms with van der Waals surface area (Å²) in [6, 6.07) is 1.70. The van der Waals surface area contributed by atoms with Gasteiger partial charge in [0.1, 0.15) is 0 Å². The van der Waals surface area contributed by atoms with E-state index < -0.39 is 0 Å². The van der Waals surface area contributed by atoms with E-state index in [0.717, 1.165) is 18.7 Å². The molecule has 19 heavy (non-hydrogen) atoms. The van der Waals surface area contributed by atoms with Gasteiger partial charge in [-0.3, -0.25) is 9.78 Å². The number of anilines is 1. The van der Waals surface area contributed by atoms with Crippen LogP contribution in [0.25, 0.3) is 0 Å². The van der Waals surface area contributed by atoms with Crippen LogP contribution in [0.1, 0.15) is 55.1 Å². The van der Waals surface area contributed by atoms with Crippen LogP contribution in [-0.4, -0.2) is 17.4 Å². The first-order valence-electron chi connectivity index (χ1n) is 7.07. The first kappa shape index (κ1) is 13.8. The van der Waals surface area contributed by atoms with Gasteiger partial charge in [0.25, 0.3) is 5.91 Å². The number of pyridine rings is 1. The molecule has 0 spiro atoms. The quantitative estimate of drug-likeness (QED) is 0.875. The summed E-state index contributed by atoms with van der Waals surface area (Å²) in [4.78, 5) is 16.4. The first-order valence-corrected chi connectivity index (χ1v) is 7.07. The van der Waals surface area contributed by atoms with E-state index in [0.29, 0.717) is 16.7 Å². The Balaban J connectivity index is 2.03. The Bertz CT molecular complexity index is 464. The Morgan fingerprint density at radius 1 is 1.47 bits per heavy atom. The molecule has 0 atom stereocenters. The van der Waals surface area contributed by atoms with Crippen molar-refractivity contribution in [3.05, 3.63) is 23.5 Å². The van der Waals surface area contributed by atoms with E-state index in [9.17, 15) is 4.79 Å². The predicted octanol–water partition coefficient (Wildman–Crippen LogP) is 2.67. The van der Waals surface area contributed by atoms with E-state index >= 15 is 0 Å². The zero-order valence-corrected chi connectivity index (χ0v) is 11.8. The number of nitrogens with one attached hydrogen (secondary N) is 1. The van der Waals surface area contributed by atoms with E-state index in [1.807, 2.05) is 6.92 Å². The maximum Gasteiger partial charge on any atom is 0.253 e. The SMILES string of the molecule is CCC1(CNC(=O)c2cc(N)cnc2C)CCCC1. The van der Waals surface area contributed by atoms with Crippen LogP contribution in [0.4, 0.5) is 5.69 Å². The fraction of sp³-hybridized carbons (Fsp3) is 0.600. The molecule has 104 valence electrons. The average Bonchev–Trinajstić information content (AvgIpc) is 2.88. The summed E-state index contributed by atoms with van der Waals surface area (Å²) in [6.45, 7) is 4.81. The molecule has 4 heteroatoms. The van der Waals surface area contributed by atoms with Gasteiger partial charge in [0.15, 0.2) is 0 Å². The highest BCUT2D eigenvalue weighted by Gasteiger charge is 2.32. The molecule has 1 fully saturated rings. The number of aromatic nitrogens is 1. The van der Waals surface area contributed by atoms with Crippen molar-refractivity contribution in [1.82, 2.24) is 10.3 Å². The minimum Gasteiger partial charge on any atom is -0.397 e. The van der Waals surface area contributed by atoms with Crippen molar-refractivity contribution in [2.75, 3.05) is 12.3 Å². The molecule has 0 radical (unpaired) electrons. The normalized spacial score (nSPS) is 17.4. The van der Waals surface area contributed by atoms with Gasteiger partial charge in [0.2, 0.25) is 0 Å². The third kappa shape index (κ3) is 3.06. The topological polar surface area (TPSA) is 68.0 Å². The maximum atomic E-state index is 12.2. The number of carbonyl (C=O) groups is 1. The van der Waals surface area contributed by atoms with Crippen molar-refractivity contribution in [1.29, 1.82) is 0 Å². The Hall–Kier alpha value is -1.58. The Kier molecular flexibility index (Phi) is 4.08. The third-order valence-corrected chi connectivity index (χ3v) is 4.39. The molecule has 0 unspecified atom stereocenters. The standard InChI is InChI=1S/C15H23N3O/c1-3-15(6-4-5-7-15)10-18-14(19)13-8-12(16)9-17-11(13)2/h8-9H,3-7,10,16H2,1-2H3,(H,18,19). The number of nitrogen functional groups attached to an aromatic ring is 1. The van der Waals surface area contributed by atoms with Crippen molar-refractivity contribution < 1.29 is 4.79 Å². The van der Waals surface area contributed by atoms with E-state index in [2.05, 4.69) is 17.2 Å². The molecule has 1 aromatic heterocycles. The number of aryl methyl sites for hydroxylation is 1. The Labute approximate surface area is 114 Å². The zero-order valence-electron chi connectivity index (χ0n) is 11.8. The number of hydrogen-bond donors (Lipinski definition) is 2. The minimum atomic E-state index is -0.0583. The highest BCUT2D eigenvalue weighted by atomic mass is 16.1. The highest BCUT2D eigenvalue weighted by Crippen LogP contribution is 2.40. The zero-order chi connectivity index (χ0) is 13.9. The smallest absolute Gasteiger partial charge is 0.253 e. The van der Waals surface area contributed by atoms with Crippen LogP contribution in [0.3, 0.4) is 0 Å². The lowest BCUT2D eigenvalue weighted by Gasteiger charge is -2.27. The van der Waals surface area contributed by atoms with Crippen molar-refractivity contribution in [3.8, 4) is 0 Å². The van der Waals surface area contributed by atoms with Crippen molar-refractivity contribution in [2.24, 2.45) is 5.41 Å². The predicted molar refractivity (Wildman–Crippen MR) is 76.9 cm³/mol. The molecule has 1 saturated carbocycles. The molecule has 1 aliphatic carbocycles. The maximum absolute atomic E-state index is 12.2. The second-order valence-electron chi connectivity index (χ2n) is 5.64. The van der Waals surface area contributed by atoms with E-state index in [4.69, 9.17) is 5.73 Å². The van der Waals surface area contributed by atoms with Gasteiger partial charge in [0, 0.05) is 6.54 Å². The Morgan fingerprint density at radius 3 is 2.79 bits per heavy atom. The van der Waals surface area contributed by atoms with Gasteiger partial charge in [-0.2, -0.15) is 0 Å². The molecule has 4 nitrogen and oxygen atoms in total. The molecule has 2 rings (SSSR count). The molecule has 0 aliphatic heterocycles. The average molecular weight is 261 g/mol. The lowest BCUT2D eigenvalue weighted by Crippen LogP contribution is -2.36. The molecule has 1 aromatic rings. The molecule has 3 N–H and O–H groups in total. The van der Waals surface area contributed by atoms with Crippen LogP contribution in [0.5, 0.6) is 0 Å². The van der Waals surface area contributed by atoms with Crippen LogP contribution in [0.15, 0.2) is 12.3 Å². The first-order chi connectivity index (χ1) is 9.06. The van der Waals surface area contributed by atoms with Crippen molar-refractivity contribution >= 4 is 11.6 Å². The van der Waals surface area contributed by atoms with Crippen LogP contribution in [-0.2, 0) is 0 Å². The van der Waals surface area contributed by atoms with Crippen LogP contribution in [0.2, 0.25) is 0 Å². The number of nitrogens with zero attached hydrogens (tertiary/aromatic N) is 1. The fourth-order valence-electron chi connectivity index (χ4n) is 2.92. The number of carbonyl (C=O) groups excluding carboxylic acids is 1. The molecular formula is C15H23N3O. The van der Waals surface area contributed by atoms with Gasteiger partial charge in [-0.05, 0) is 37.7 Å². The van der Waals surface area contributed by atoms with Crippen molar-refractivity contribution in [3.63, 3.8) is 0 Å². The fourth-order valence-corrected chi connectivity index (χ4v) is 2.92. The molecular weight excluding hydrogens is 238 g/mol. The number of amides is 1. The second-order valence-corrected chi connectivity index (χ2v) is 5.64. The van der Waals surface area contributed by atoms with Crippen LogP contribution >= 0.6 is 0 Å². The lowest BCUT2D eigenvalue weighted by molar-refractivity contribution is 0.0927. The molecule has 1 heterocycles. The summed E-state index contributed by atoms with van der Waals surface area (Å²) in [5.74, 6) is -0.0583. The monoisotopic (exact) mass is 261 g/mol. The number of hydrogen-bond acceptors (Lipinski definition) is 3. The number of nitrogens with two attached hydrogens (primary N) is 1. The molecule has 0 bridgehead atoms. The highest BCUT2D eigenvalue weighted by molar-refractivity contribution is 5.95. The molecule has 1 amide bonds. The van der Waals surface area contributed by atoms with Gasteiger partial charge in [-0.1, -0.05) is 19.8 Å². The largest absolute Gasteiger partial charge is 0.397 e. The van der Waals surface area contributed by atoms with Crippen LogP contribution < -0.4 is 11.1 Å². The van der Waals surface area contributed by atoms with Gasteiger partial charge in [-0.15, -0.1) is 0 Å². The molecule has 1 aliphatic rings. The summed E-state index contributed by atoms with van der Waals surface area (Å²) in [7, 11) is 0. The van der Waals surface area contributed by atoms with E-state index in [1.165, 1.54) is 25.7 Å². The third-order valence-electron chi connectivity index (χ3n) is 4.39. The van der Waals surface area contributed by atoms with Crippen LogP contribution in [0, 0.1) is 12.3 Å². The summed E-state index contributed by atoms with van der Waals surface area (Å²) < 4.78 is 0. The minimum absolute atomic E-state index is 0.0583.